The minimum Gasteiger partial charge on any atom is -0.451 e. The van der Waals surface area contributed by atoms with Crippen LogP contribution in [0.15, 0.2) is 59.6 Å². The van der Waals surface area contributed by atoms with Gasteiger partial charge in [-0.15, -0.1) is 0 Å². The van der Waals surface area contributed by atoms with E-state index in [0.29, 0.717) is 18.7 Å². The monoisotopic (exact) mass is 426 g/mol. The van der Waals surface area contributed by atoms with Gasteiger partial charge in [-0.3, -0.25) is 4.79 Å². The SMILES string of the molecule is C[C@@H](OC(=O)c1ccc(S(=O)(=O)N2CCCC2)cc1)C(=O)c1c[nH]c2ccccc12. The van der Waals surface area contributed by atoms with E-state index in [4.69, 9.17) is 4.74 Å². The van der Waals surface area contributed by atoms with E-state index < -0.39 is 22.1 Å². The number of aromatic nitrogens is 1. The summed E-state index contributed by atoms with van der Waals surface area (Å²) < 4.78 is 31.9. The Labute approximate surface area is 174 Å². The van der Waals surface area contributed by atoms with Gasteiger partial charge in [-0.1, -0.05) is 18.2 Å². The topological polar surface area (TPSA) is 96.5 Å². The van der Waals surface area contributed by atoms with Gasteiger partial charge in [0, 0.05) is 35.8 Å². The second-order valence-electron chi connectivity index (χ2n) is 7.30. The molecule has 1 saturated heterocycles. The lowest BCUT2D eigenvalue weighted by Gasteiger charge is -2.16. The minimum atomic E-state index is -3.54. The van der Waals surface area contributed by atoms with Crippen LogP contribution in [-0.2, 0) is 14.8 Å². The smallest absolute Gasteiger partial charge is 0.338 e. The predicted molar refractivity (Wildman–Crippen MR) is 112 cm³/mol. The molecule has 0 radical (unpaired) electrons. The highest BCUT2D eigenvalue weighted by molar-refractivity contribution is 7.89. The molecule has 1 aliphatic heterocycles. The quantitative estimate of drug-likeness (QED) is 0.481. The van der Waals surface area contributed by atoms with Gasteiger partial charge in [-0.2, -0.15) is 4.31 Å². The Bertz CT molecular complexity index is 1190. The van der Waals surface area contributed by atoms with Crippen molar-refractivity contribution in [2.24, 2.45) is 0 Å². The molecule has 1 fully saturated rings. The van der Waals surface area contributed by atoms with Gasteiger partial charge in [0.15, 0.2) is 6.10 Å². The molecule has 1 atom stereocenters. The van der Waals surface area contributed by atoms with Crippen molar-refractivity contribution in [3.8, 4) is 0 Å². The molecule has 30 heavy (non-hydrogen) atoms. The number of carbonyl (C=O) groups excluding carboxylic acids is 2. The third-order valence-electron chi connectivity index (χ3n) is 5.30. The molecule has 8 heteroatoms. The Hall–Kier alpha value is -2.97. The lowest BCUT2D eigenvalue weighted by molar-refractivity contribution is 0.0319. The highest BCUT2D eigenvalue weighted by Gasteiger charge is 2.28. The number of hydrogen-bond acceptors (Lipinski definition) is 5. The van der Waals surface area contributed by atoms with Crippen molar-refractivity contribution in [2.45, 2.75) is 30.8 Å². The van der Waals surface area contributed by atoms with Crippen LogP contribution in [0, 0.1) is 0 Å². The lowest BCUT2D eigenvalue weighted by atomic mass is 10.1. The molecule has 1 aromatic heterocycles. The first-order valence-electron chi connectivity index (χ1n) is 9.79. The van der Waals surface area contributed by atoms with Crippen molar-refractivity contribution in [1.82, 2.24) is 9.29 Å². The first kappa shape index (κ1) is 20.3. The van der Waals surface area contributed by atoms with E-state index in [0.717, 1.165) is 23.7 Å². The van der Waals surface area contributed by atoms with Crippen molar-refractivity contribution >= 4 is 32.7 Å². The maximum Gasteiger partial charge on any atom is 0.338 e. The minimum absolute atomic E-state index is 0.142. The van der Waals surface area contributed by atoms with E-state index in [-0.39, 0.29) is 16.2 Å². The van der Waals surface area contributed by atoms with Crippen LogP contribution in [0.3, 0.4) is 0 Å². The summed E-state index contributed by atoms with van der Waals surface area (Å²) in [5.74, 6) is -0.991. The normalized spacial score (nSPS) is 15.9. The van der Waals surface area contributed by atoms with Gasteiger partial charge < -0.3 is 9.72 Å². The van der Waals surface area contributed by atoms with Gasteiger partial charge in [-0.25, -0.2) is 13.2 Å². The Kier molecular flexibility index (Phi) is 5.44. The molecule has 156 valence electrons. The Balaban J connectivity index is 1.46. The number of Topliss-reactive ketones (excluding diaryl/α,β-unsaturated/α-hetero) is 1. The Morgan fingerprint density at radius 1 is 1.03 bits per heavy atom. The Morgan fingerprint density at radius 3 is 2.40 bits per heavy atom. The third kappa shape index (κ3) is 3.76. The number of fused-ring (bicyclic) bond motifs is 1. The first-order chi connectivity index (χ1) is 14.4. The summed E-state index contributed by atoms with van der Waals surface area (Å²) >= 11 is 0. The number of para-hydroxylation sites is 1. The van der Waals surface area contributed by atoms with Crippen molar-refractivity contribution in [3.63, 3.8) is 0 Å². The molecule has 0 aliphatic carbocycles. The molecule has 0 unspecified atom stereocenters. The molecule has 2 heterocycles. The van der Waals surface area contributed by atoms with Gasteiger partial charge in [0.25, 0.3) is 0 Å². The second-order valence-corrected chi connectivity index (χ2v) is 9.23. The van der Waals surface area contributed by atoms with Crippen LogP contribution in [0.25, 0.3) is 10.9 Å². The maximum atomic E-state index is 12.7. The third-order valence-corrected chi connectivity index (χ3v) is 7.21. The van der Waals surface area contributed by atoms with Crippen LogP contribution < -0.4 is 0 Å². The number of esters is 1. The van der Waals surface area contributed by atoms with Crippen LogP contribution >= 0.6 is 0 Å². The number of benzene rings is 2. The van der Waals surface area contributed by atoms with E-state index in [2.05, 4.69) is 4.98 Å². The van der Waals surface area contributed by atoms with E-state index in [1.165, 1.54) is 35.5 Å². The molecular weight excluding hydrogens is 404 g/mol. The molecule has 1 N–H and O–H groups in total. The molecule has 3 aromatic rings. The summed E-state index contributed by atoms with van der Waals surface area (Å²) in [6.45, 7) is 2.55. The summed E-state index contributed by atoms with van der Waals surface area (Å²) in [5, 5.41) is 0.766. The molecule has 4 rings (SSSR count). The molecule has 0 amide bonds. The zero-order valence-corrected chi connectivity index (χ0v) is 17.3. The fourth-order valence-electron chi connectivity index (χ4n) is 3.62. The highest BCUT2D eigenvalue weighted by atomic mass is 32.2. The number of aromatic amines is 1. The van der Waals surface area contributed by atoms with Gasteiger partial charge >= 0.3 is 5.97 Å². The van der Waals surface area contributed by atoms with Gasteiger partial charge in [0.2, 0.25) is 15.8 Å². The number of rotatable bonds is 6. The van der Waals surface area contributed by atoms with Crippen LogP contribution in [0.2, 0.25) is 0 Å². The molecule has 1 aliphatic rings. The van der Waals surface area contributed by atoms with Crippen LogP contribution in [0.5, 0.6) is 0 Å². The molecular formula is C22H22N2O5S. The number of hydrogen-bond donors (Lipinski definition) is 1. The fraction of sp³-hybridized carbons (Fsp3) is 0.273. The van der Waals surface area contributed by atoms with Crippen LogP contribution in [-0.4, -0.2) is 48.7 Å². The Morgan fingerprint density at radius 2 is 1.70 bits per heavy atom. The average molecular weight is 426 g/mol. The number of nitrogens with one attached hydrogen (secondary N) is 1. The van der Waals surface area contributed by atoms with Gasteiger partial charge in [-0.05, 0) is 50.1 Å². The van der Waals surface area contributed by atoms with E-state index >= 15 is 0 Å². The number of nitrogens with zero attached hydrogens (tertiary/aromatic N) is 1. The summed E-state index contributed by atoms with van der Waals surface area (Å²) in [4.78, 5) is 28.4. The average Bonchev–Trinajstić information content (AvgIpc) is 3.44. The molecule has 0 spiro atoms. The summed E-state index contributed by atoms with van der Waals surface area (Å²) in [7, 11) is -3.54. The highest BCUT2D eigenvalue weighted by Crippen LogP contribution is 2.22. The van der Waals surface area contributed by atoms with Crippen LogP contribution in [0.1, 0.15) is 40.5 Å². The first-order valence-corrected chi connectivity index (χ1v) is 11.2. The molecule has 0 saturated carbocycles. The zero-order chi connectivity index (χ0) is 21.3. The molecule has 7 nitrogen and oxygen atoms in total. The maximum absolute atomic E-state index is 12.7. The molecule has 2 aromatic carbocycles. The van der Waals surface area contributed by atoms with E-state index in [9.17, 15) is 18.0 Å². The largest absolute Gasteiger partial charge is 0.451 e. The van der Waals surface area contributed by atoms with Gasteiger partial charge in [0.05, 0.1) is 10.5 Å². The standard InChI is InChI=1S/C22H22N2O5S/c1-15(21(25)19-14-23-20-7-3-2-6-18(19)20)29-22(26)16-8-10-17(11-9-16)30(27,28)24-12-4-5-13-24/h2-3,6-11,14-15,23H,4-5,12-13H2,1H3/t15-/m1/s1. The second kappa shape index (κ2) is 8.04. The summed E-state index contributed by atoms with van der Waals surface area (Å²) in [6.07, 6.45) is 2.33. The van der Waals surface area contributed by atoms with Crippen molar-refractivity contribution in [2.75, 3.05) is 13.1 Å². The number of ether oxygens (including phenoxy) is 1. The van der Waals surface area contributed by atoms with Crippen molar-refractivity contribution in [3.05, 3.63) is 65.9 Å². The van der Waals surface area contributed by atoms with E-state index in [1.54, 1.807) is 6.20 Å². The van der Waals surface area contributed by atoms with Crippen molar-refractivity contribution < 1.29 is 22.7 Å². The number of sulfonamides is 1. The number of H-pyrrole nitrogens is 1. The number of ketones is 1. The van der Waals surface area contributed by atoms with Crippen LogP contribution in [0.4, 0.5) is 0 Å². The molecule has 0 bridgehead atoms. The van der Waals surface area contributed by atoms with E-state index in [1.807, 2.05) is 24.3 Å². The summed E-state index contributed by atoms with van der Waals surface area (Å²) in [6, 6.07) is 13.0. The van der Waals surface area contributed by atoms with Crippen molar-refractivity contribution in [1.29, 1.82) is 0 Å². The lowest BCUT2D eigenvalue weighted by Crippen LogP contribution is -2.28. The predicted octanol–water partition coefficient (Wildman–Crippen LogP) is 3.38. The fourth-order valence-corrected chi connectivity index (χ4v) is 5.13. The number of carbonyl (C=O) groups is 2. The zero-order valence-electron chi connectivity index (χ0n) is 16.5. The summed E-state index contributed by atoms with van der Waals surface area (Å²) in [5.41, 5.74) is 1.47. The van der Waals surface area contributed by atoms with Gasteiger partial charge in [0.1, 0.15) is 0 Å².